The second kappa shape index (κ2) is 10.7. The second-order valence-electron chi connectivity index (χ2n) is 4.90. The van der Waals surface area contributed by atoms with Crippen molar-refractivity contribution in [3.05, 3.63) is 27.1 Å². The van der Waals surface area contributed by atoms with E-state index in [1.54, 1.807) is 0 Å². The van der Waals surface area contributed by atoms with Gasteiger partial charge in [0.05, 0.1) is 11.1 Å². The number of halogens is 2. The van der Waals surface area contributed by atoms with Gasteiger partial charge in [-0.15, -0.1) is 0 Å². The molecule has 19 heavy (non-hydrogen) atoms. The van der Waals surface area contributed by atoms with E-state index in [1.807, 2.05) is 18.2 Å². The molecule has 0 N–H and O–H groups in total. The van der Waals surface area contributed by atoms with E-state index in [0.717, 1.165) is 27.7 Å². The minimum absolute atomic E-state index is 0.810. The number of ether oxygens (including phenoxy) is 1. The van der Waals surface area contributed by atoms with Crippen molar-refractivity contribution in [2.75, 3.05) is 6.61 Å². The zero-order chi connectivity index (χ0) is 13.9. The molecule has 0 unspecified atom stereocenters. The van der Waals surface area contributed by atoms with Gasteiger partial charge < -0.3 is 4.74 Å². The van der Waals surface area contributed by atoms with Crippen LogP contribution in [-0.4, -0.2) is 6.61 Å². The van der Waals surface area contributed by atoms with E-state index in [4.69, 9.17) is 4.74 Å². The molecule has 0 aromatic heterocycles. The summed E-state index contributed by atoms with van der Waals surface area (Å²) in [6.07, 6.45) is 10.6. The normalized spacial score (nSPS) is 10.7. The summed E-state index contributed by atoms with van der Waals surface area (Å²) in [7, 11) is 0. The quantitative estimate of drug-likeness (QED) is 0.401. The molecular formula is C16H24Br2O. The van der Waals surface area contributed by atoms with Crippen LogP contribution in [0.15, 0.2) is 27.1 Å². The lowest BCUT2D eigenvalue weighted by Gasteiger charge is -2.08. The zero-order valence-corrected chi connectivity index (χ0v) is 14.9. The Balaban J connectivity index is 2.03. The molecule has 0 saturated carbocycles. The Labute approximate surface area is 134 Å². The molecule has 1 rings (SSSR count). The predicted octanol–water partition coefficient (Wildman–Crippen LogP) is 6.73. The third-order valence-corrected chi connectivity index (χ3v) is 4.30. The van der Waals surface area contributed by atoms with Crippen LogP contribution in [0.5, 0.6) is 5.75 Å². The fourth-order valence-electron chi connectivity index (χ4n) is 2.01. The molecule has 1 nitrogen and oxygen atoms in total. The van der Waals surface area contributed by atoms with Crippen LogP contribution >= 0.6 is 31.9 Å². The van der Waals surface area contributed by atoms with Crippen molar-refractivity contribution in [1.29, 1.82) is 0 Å². The molecule has 3 heteroatoms. The Bertz CT molecular complexity index is 353. The van der Waals surface area contributed by atoms with Crippen LogP contribution in [0.4, 0.5) is 0 Å². The topological polar surface area (TPSA) is 9.23 Å². The Morgan fingerprint density at radius 2 is 1.53 bits per heavy atom. The summed E-state index contributed by atoms with van der Waals surface area (Å²) in [4.78, 5) is 0. The third-order valence-electron chi connectivity index (χ3n) is 3.15. The standard InChI is InChI=1S/C16H24Br2O/c1-2-3-4-5-6-7-8-9-12-19-16-13-14(17)10-11-15(16)18/h10-11,13H,2-9,12H2,1H3. The van der Waals surface area contributed by atoms with Gasteiger partial charge in [0.15, 0.2) is 0 Å². The van der Waals surface area contributed by atoms with Crippen molar-refractivity contribution in [3.63, 3.8) is 0 Å². The number of hydrogen-bond acceptors (Lipinski definition) is 1. The van der Waals surface area contributed by atoms with Crippen LogP contribution in [0.25, 0.3) is 0 Å². The predicted molar refractivity (Wildman–Crippen MR) is 89.9 cm³/mol. The van der Waals surface area contributed by atoms with E-state index in [-0.39, 0.29) is 0 Å². The first-order chi connectivity index (χ1) is 9.24. The number of benzene rings is 1. The van der Waals surface area contributed by atoms with Gasteiger partial charge in [-0.1, -0.05) is 67.8 Å². The zero-order valence-electron chi connectivity index (χ0n) is 11.8. The first kappa shape index (κ1) is 17.0. The van der Waals surface area contributed by atoms with Crippen LogP contribution in [0.3, 0.4) is 0 Å². The van der Waals surface area contributed by atoms with Crippen LogP contribution in [0.1, 0.15) is 58.3 Å². The molecule has 108 valence electrons. The van der Waals surface area contributed by atoms with Crippen molar-refractivity contribution in [1.82, 2.24) is 0 Å². The van der Waals surface area contributed by atoms with Crippen molar-refractivity contribution in [3.8, 4) is 5.75 Å². The molecule has 0 aliphatic carbocycles. The van der Waals surface area contributed by atoms with Crippen molar-refractivity contribution in [2.24, 2.45) is 0 Å². The van der Waals surface area contributed by atoms with Gasteiger partial charge in [-0.05, 0) is 40.5 Å². The average Bonchev–Trinajstić information content (AvgIpc) is 2.40. The molecule has 1 aromatic carbocycles. The molecule has 0 spiro atoms. The fourth-order valence-corrected chi connectivity index (χ4v) is 2.71. The maximum Gasteiger partial charge on any atom is 0.134 e. The molecule has 1 aromatic rings. The second-order valence-corrected chi connectivity index (χ2v) is 6.67. The van der Waals surface area contributed by atoms with E-state index in [9.17, 15) is 0 Å². The number of rotatable bonds is 10. The Morgan fingerprint density at radius 3 is 2.21 bits per heavy atom. The summed E-state index contributed by atoms with van der Waals surface area (Å²) in [5.74, 6) is 0.928. The van der Waals surface area contributed by atoms with Crippen molar-refractivity contribution < 1.29 is 4.74 Å². The summed E-state index contributed by atoms with van der Waals surface area (Å²) in [5, 5.41) is 0. The van der Waals surface area contributed by atoms with Crippen LogP contribution in [-0.2, 0) is 0 Å². The first-order valence-electron chi connectivity index (χ1n) is 7.32. The minimum Gasteiger partial charge on any atom is -0.492 e. The van der Waals surface area contributed by atoms with Crippen LogP contribution < -0.4 is 4.74 Å². The van der Waals surface area contributed by atoms with E-state index >= 15 is 0 Å². The highest BCUT2D eigenvalue weighted by atomic mass is 79.9. The lowest BCUT2D eigenvalue weighted by Crippen LogP contribution is -1.98. The van der Waals surface area contributed by atoms with E-state index in [0.29, 0.717) is 0 Å². The maximum absolute atomic E-state index is 5.79. The van der Waals surface area contributed by atoms with Gasteiger partial charge >= 0.3 is 0 Å². The molecule has 0 amide bonds. The minimum atomic E-state index is 0.810. The summed E-state index contributed by atoms with van der Waals surface area (Å²) in [6, 6.07) is 6.02. The van der Waals surface area contributed by atoms with Crippen molar-refractivity contribution in [2.45, 2.75) is 58.3 Å². The fraction of sp³-hybridized carbons (Fsp3) is 0.625. The highest BCUT2D eigenvalue weighted by molar-refractivity contribution is 9.11. The van der Waals surface area contributed by atoms with E-state index < -0.39 is 0 Å². The first-order valence-corrected chi connectivity index (χ1v) is 8.90. The Kier molecular flexibility index (Phi) is 9.62. The maximum atomic E-state index is 5.79. The molecule has 0 radical (unpaired) electrons. The SMILES string of the molecule is CCCCCCCCCCOc1cc(Br)ccc1Br. The highest BCUT2D eigenvalue weighted by Crippen LogP contribution is 2.28. The molecule has 0 saturated heterocycles. The van der Waals surface area contributed by atoms with Gasteiger partial charge in [0.1, 0.15) is 5.75 Å². The summed E-state index contributed by atoms with van der Waals surface area (Å²) in [5.41, 5.74) is 0. The molecule has 0 heterocycles. The van der Waals surface area contributed by atoms with Gasteiger partial charge in [0.2, 0.25) is 0 Å². The number of hydrogen-bond donors (Lipinski definition) is 0. The van der Waals surface area contributed by atoms with Gasteiger partial charge in [0, 0.05) is 4.47 Å². The molecule has 0 aliphatic heterocycles. The molecule has 0 bridgehead atoms. The molecule has 0 fully saturated rings. The largest absolute Gasteiger partial charge is 0.492 e. The van der Waals surface area contributed by atoms with Crippen molar-refractivity contribution >= 4 is 31.9 Å². The van der Waals surface area contributed by atoms with Crippen LogP contribution in [0, 0.1) is 0 Å². The molecular weight excluding hydrogens is 368 g/mol. The van der Waals surface area contributed by atoms with Crippen LogP contribution in [0.2, 0.25) is 0 Å². The summed E-state index contributed by atoms with van der Waals surface area (Å²) < 4.78 is 7.87. The average molecular weight is 392 g/mol. The smallest absolute Gasteiger partial charge is 0.134 e. The van der Waals surface area contributed by atoms with Gasteiger partial charge in [-0.2, -0.15) is 0 Å². The molecule has 0 atom stereocenters. The molecule has 0 aliphatic rings. The van der Waals surface area contributed by atoms with Gasteiger partial charge in [0.25, 0.3) is 0 Å². The monoisotopic (exact) mass is 390 g/mol. The highest BCUT2D eigenvalue weighted by Gasteiger charge is 2.01. The van der Waals surface area contributed by atoms with E-state index in [1.165, 1.54) is 44.9 Å². The lowest BCUT2D eigenvalue weighted by atomic mass is 10.1. The summed E-state index contributed by atoms with van der Waals surface area (Å²) >= 11 is 6.96. The Hall–Kier alpha value is -0.0200. The van der Waals surface area contributed by atoms with Gasteiger partial charge in [-0.3, -0.25) is 0 Å². The summed E-state index contributed by atoms with van der Waals surface area (Å²) in [6.45, 7) is 3.07. The van der Waals surface area contributed by atoms with E-state index in [2.05, 4.69) is 38.8 Å². The lowest BCUT2D eigenvalue weighted by molar-refractivity contribution is 0.302. The number of unbranched alkanes of at least 4 members (excludes halogenated alkanes) is 7. The Morgan fingerprint density at radius 1 is 0.895 bits per heavy atom. The third kappa shape index (κ3) is 7.98. The van der Waals surface area contributed by atoms with Gasteiger partial charge in [-0.25, -0.2) is 0 Å².